The molecule has 6 heteroatoms. The standard InChI is InChI=1S/C15H10BrNO4/c16-10-2-3-12(11(6-10)15(18)19)17-7-9-1-4-13-14(5-9)21-8-20-13/h1-7H,8H2,(H,18,19)/p-1. The normalized spacial score (nSPS) is 12.8. The van der Waals surface area contributed by atoms with Crippen molar-refractivity contribution in [2.75, 3.05) is 6.79 Å². The van der Waals surface area contributed by atoms with Crippen molar-refractivity contribution in [2.45, 2.75) is 0 Å². The van der Waals surface area contributed by atoms with Gasteiger partial charge in [0.25, 0.3) is 0 Å². The van der Waals surface area contributed by atoms with Crippen LogP contribution in [0.25, 0.3) is 0 Å². The molecule has 0 fully saturated rings. The van der Waals surface area contributed by atoms with E-state index in [1.54, 1.807) is 30.5 Å². The summed E-state index contributed by atoms with van der Waals surface area (Å²) in [5.74, 6) is 0.0650. The molecule has 0 aromatic heterocycles. The average molecular weight is 347 g/mol. The molecule has 0 atom stereocenters. The highest BCUT2D eigenvalue weighted by Gasteiger charge is 2.12. The molecule has 2 aromatic carbocycles. The molecule has 0 saturated carbocycles. The fourth-order valence-electron chi connectivity index (χ4n) is 1.92. The maximum Gasteiger partial charge on any atom is 0.231 e. The van der Waals surface area contributed by atoms with Crippen molar-refractivity contribution in [2.24, 2.45) is 4.99 Å². The summed E-state index contributed by atoms with van der Waals surface area (Å²) in [6.45, 7) is 0.206. The van der Waals surface area contributed by atoms with Gasteiger partial charge < -0.3 is 19.4 Å². The number of carboxylic acid groups (broad SMARTS) is 1. The van der Waals surface area contributed by atoms with Gasteiger partial charge in [0.05, 0.1) is 11.7 Å². The zero-order valence-corrected chi connectivity index (χ0v) is 12.3. The van der Waals surface area contributed by atoms with Crippen molar-refractivity contribution in [3.63, 3.8) is 0 Å². The van der Waals surface area contributed by atoms with Crippen molar-refractivity contribution < 1.29 is 19.4 Å². The van der Waals surface area contributed by atoms with Crippen molar-refractivity contribution in [1.82, 2.24) is 0 Å². The quantitative estimate of drug-likeness (QED) is 0.799. The zero-order chi connectivity index (χ0) is 14.8. The van der Waals surface area contributed by atoms with E-state index in [1.807, 2.05) is 6.07 Å². The minimum Gasteiger partial charge on any atom is -0.545 e. The second kappa shape index (κ2) is 5.57. The van der Waals surface area contributed by atoms with Crippen LogP contribution >= 0.6 is 15.9 Å². The van der Waals surface area contributed by atoms with Crippen LogP contribution in [0.1, 0.15) is 15.9 Å². The molecule has 5 nitrogen and oxygen atoms in total. The van der Waals surface area contributed by atoms with Gasteiger partial charge in [-0.05, 0) is 42.0 Å². The van der Waals surface area contributed by atoms with E-state index in [0.29, 0.717) is 21.7 Å². The Morgan fingerprint density at radius 2 is 2.00 bits per heavy atom. The van der Waals surface area contributed by atoms with Crippen LogP contribution in [0, 0.1) is 0 Å². The van der Waals surface area contributed by atoms with Gasteiger partial charge in [0, 0.05) is 16.3 Å². The number of carbonyl (C=O) groups is 1. The predicted molar refractivity (Wildman–Crippen MR) is 78.3 cm³/mol. The lowest BCUT2D eigenvalue weighted by molar-refractivity contribution is -0.254. The van der Waals surface area contributed by atoms with Gasteiger partial charge in [-0.1, -0.05) is 15.9 Å². The molecule has 0 spiro atoms. The molecule has 0 radical (unpaired) electrons. The number of benzene rings is 2. The monoisotopic (exact) mass is 346 g/mol. The SMILES string of the molecule is O=C([O-])c1cc(Br)ccc1N=Cc1ccc2c(c1)OCO2. The molecule has 3 rings (SSSR count). The third kappa shape index (κ3) is 2.90. The summed E-state index contributed by atoms with van der Waals surface area (Å²) in [7, 11) is 0. The fourth-order valence-corrected chi connectivity index (χ4v) is 2.28. The maximum absolute atomic E-state index is 11.1. The lowest BCUT2D eigenvalue weighted by atomic mass is 10.2. The molecule has 1 aliphatic rings. The van der Waals surface area contributed by atoms with Crippen LogP contribution < -0.4 is 14.6 Å². The van der Waals surface area contributed by atoms with E-state index in [4.69, 9.17) is 9.47 Å². The van der Waals surface area contributed by atoms with Gasteiger partial charge in [0.15, 0.2) is 11.5 Å². The Labute approximate surface area is 129 Å². The van der Waals surface area contributed by atoms with Gasteiger partial charge in [-0.25, -0.2) is 0 Å². The lowest BCUT2D eigenvalue weighted by Gasteiger charge is -2.07. The Morgan fingerprint density at radius 3 is 2.81 bits per heavy atom. The molecule has 21 heavy (non-hydrogen) atoms. The summed E-state index contributed by atoms with van der Waals surface area (Å²) in [4.78, 5) is 15.3. The topological polar surface area (TPSA) is 71.0 Å². The number of ether oxygens (including phenoxy) is 2. The Balaban J connectivity index is 1.91. The highest BCUT2D eigenvalue weighted by Crippen LogP contribution is 2.32. The predicted octanol–water partition coefficient (Wildman–Crippen LogP) is 2.29. The first-order valence-electron chi connectivity index (χ1n) is 6.08. The number of carboxylic acids is 1. The largest absolute Gasteiger partial charge is 0.545 e. The first-order chi connectivity index (χ1) is 10.1. The Kier molecular flexibility index (Phi) is 3.62. The minimum atomic E-state index is -1.27. The summed E-state index contributed by atoms with van der Waals surface area (Å²) < 4.78 is 11.2. The number of hydrogen-bond acceptors (Lipinski definition) is 5. The first kappa shape index (κ1) is 13.6. The van der Waals surface area contributed by atoms with Crippen LogP contribution in [0.4, 0.5) is 5.69 Å². The Morgan fingerprint density at radius 1 is 1.19 bits per heavy atom. The van der Waals surface area contributed by atoms with Gasteiger partial charge in [0.2, 0.25) is 6.79 Å². The molecular formula is C15H9BrNO4-. The summed E-state index contributed by atoms with van der Waals surface area (Å²) in [5.41, 5.74) is 1.14. The number of aliphatic imine (C=N–C) groups is 1. The summed E-state index contributed by atoms with van der Waals surface area (Å²) in [6, 6.07) is 10.2. The van der Waals surface area contributed by atoms with Crippen LogP contribution in [0.15, 0.2) is 45.9 Å². The average Bonchev–Trinajstić information content (AvgIpc) is 2.93. The number of carbonyl (C=O) groups excluding carboxylic acids is 1. The van der Waals surface area contributed by atoms with Gasteiger partial charge in [-0.3, -0.25) is 4.99 Å². The van der Waals surface area contributed by atoms with E-state index in [0.717, 1.165) is 5.56 Å². The molecule has 0 N–H and O–H groups in total. The molecule has 1 aliphatic heterocycles. The molecule has 0 amide bonds. The Bertz CT molecular complexity index is 742. The first-order valence-corrected chi connectivity index (χ1v) is 6.87. The van der Waals surface area contributed by atoms with E-state index in [9.17, 15) is 9.90 Å². The number of halogens is 1. The van der Waals surface area contributed by atoms with E-state index in [2.05, 4.69) is 20.9 Å². The second-order valence-corrected chi connectivity index (χ2v) is 5.24. The molecule has 0 bridgehead atoms. The van der Waals surface area contributed by atoms with Crippen molar-refractivity contribution in [3.05, 3.63) is 52.0 Å². The number of fused-ring (bicyclic) bond motifs is 1. The second-order valence-electron chi connectivity index (χ2n) is 4.32. The van der Waals surface area contributed by atoms with Crippen LogP contribution in [-0.2, 0) is 0 Å². The summed E-state index contributed by atoms with van der Waals surface area (Å²) in [6.07, 6.45) is 1.57. The molecule has 106 valence electrons. The zero-order valence-electron chi connectivity index (χ0n) is 10.7. The molecule has 0 saturated heterocycles. The van der Waals surface area contributed by atoms with Crippen molar-refractivity contribution in [1.29, 1.82) is 0 Å². The van der Waals surface area contributed by atoms with Crippen LogP contribution in [0.3, 0.4) is 0 Å². The van der Waals surface area contributed by atoms with Crippen molar-refractivity contribution in [3.8, 4) is 11.5 Å². The van der Waals surface area contributed by atoms with E-state index in [-0.39, 0.29) is 12.4 Å². The Hall–Kier alpha value is -2.34. The third-order valence-electron chi connectivity index (χ3n) is 2.93. The molecule has 1 heterocycles. The fraction of sp³-hybridized carbons (Fsp3) is 0.0667. The van der Waals surface area contributed by atoms with Gasteiger partial charge >= 0.3 is 0 Å². The van der Waals surface area contributed by atoms with Gasteiger partial charge in [-0.2, -0.15) is 0 Å². The minimum absolute atomic E-state index is 0.0290. The number of aromatic carboxylic acids is 1. The smallest absolute Gasteiger partial charge is 0.231 e. The highest BCUT2D eigenvalue weighted by atomic mass is 79.9. The molecular weight excluding hydrogens is 338 g/mol. The third-order valence-corrected chi connectivity index (χ3v) is 3.42. The van der Waals surface area contributed by atoms with Gasteiger partial charge in [-0.15, -0.1) is 0 Å². The number of hydrogen-bond donors (Lipinski definition) is 0. The number of nitrogens with zero attached hydrogens (tertiary/aromatic N) is 1. The summed E-state index contributed by atoms with van der Waals surface area (Å²) in [5, 5.41) is 11.1. The lowest BCUT2D eigenvalue weighted by Crippen LogP contribution is -2.22. The van der Waals surface area contributed by atoms with Crippen LogP contribution in [0.5, 0.6) is 11.5 Å². The van der Waals surface area contributed by atoms with Crippen molar-refractivity contribution >= 4 is 33.8 Å². The van der Waals surface area contributed by atoms with E-state index < -0.39 is 5.97 Å². The highest BCUT2D eigenvalue weighted by molar-refractivity contribution is 9.10. The van der Waals surface area contributed by atoms with Gasteiger partial charge in [0.1, 0.15) is 0 Å². The molecule has 2 aromatic rings. The summed E-state index contributed by atoms with van der Waals surface area (Å²) >= 11 is 3.22. The number of rotatable bonds is 3. The van der Waals surface area contributed by atoms with E-state index in [1.165, 1.54) is 6.07 Å². The molecule has 0 unspecified atom stereocenters. The van der Waals surface area contributed by atoms with Crippen LogP contribution in [0.2, 0.25) is 0 Å². The molecule has 0 aliphatic carbocycles. The van der Waals surface area contributed by atoms with Crippen LogP contribution in [-0.4, -0.2) is 19.0 Å². The van der Waals surface area contributed by atoms with E-state index >= 15 is 0 Å². The maximum atomic E-state index is 11.1.